The van der Waals surface area contributed by atoms with Gasteiger partial charge in [0.1, 0.15) is 5.78 Å². The zero-order chi connectivity index (χ0) is 12.3. The molecule has 0 unspecified atom stereocenters. The molecule has 1 aliphatic heterocycles. The summed E-state index contributed by atoms with van der Waals surface area (Å²) in [7, 11) is 0. The SMILES string of the molecule is C[C@@H]1CN(CCc2ccccc2)[C@@H](C)CC1=O. The van der Waals surface area contributed by atoms with Crippen LogP contribution >= 0.6 is 0 Å². The van der Waals surface area contributed by atoms with Crippen LogP contribution < -0.4 is 0 Å². The predicted octanol–water partition coefficient (Wildman–Crippen LogP) is 2.53. The van der Waals surface area contributed by atoms with Crippen molar-refractivity contribution < 1.29 is 4.79 Å². The Kier molecular flexibility index (Phi) is 3.95. The van der Waals surface area contributed by atoms with E-state index in [2.05, 4.69) is 36.1 Å². The van der Waals surface area contributed by atoms with Crippen LogP contribution in [0.4, 0.5) is 0 Å². The maximum atomic E-state index is 11.6. The van der Waals surface area contributed by atoms with Gasteiger partial charge in [-0.25, -0.2) is 0 Å². The van der Waals surface area contributed by atoms with Crippen molar-refractivity contribution in [3.63, 3.8) is 0 Å². The summed E-state index contributed by atoms with van der Waals surface area (Å²) in [6, 6.07) is 11.0. The van der Waals surface area contributed by atoms with Crippen molar-refractivity contribution in [1.82, 2.24) is 4.90 Å². The first-order valence-electron chi connectivity index (χ1n) is 6.47. The molecule has 0 amide bonds. The second-order valence-electron chi connectivity index (χ2n) is 5.15. The molecule has 92 valence electrons. The smallest absolute Gasteiger partial charge is 0.138 e. The molecule has 1 saturated heterocycles. The molecule has 1 heterocycles. The Bertz CT molecular complexity index is 374. The van der Waals surface area contributed by atoms with E-state index in [9.17, 15) is 4.79 Å². The van der Waals surface area contributed by atoms with Gasteiger partial charge in [0, 0.05) is 31.5 Å². The average Bonchev–Trinajstić information content (AvgIpc) is 2.33. The molecule has 0 spiro atoms. The van der Waals surface area contributed by atoms with Gasteiger partial charge in [0.25, 0.3) is 0 Å². The number of carbonyl (C=O) groups is 1. The summed E-state index contributed by atoms with van der Waals surface area (Å²) in [6.07, 6.45) is 1.79. The van der Waals surface area contributed by atoms with E-state index in [0.29, 0.717) is 11.8 Å². The molecule has 2 rings (SSSR count). The molecule has 0 radical (unpaired) electrons. The number of nitrogens with zero attached hydrogens (tertiary/aromatic N) is 1. The van der Waals surface area contributed by atoms with Crippen LogP contribution in [-0.2, 0) is 11.2 Å². The maximum Gasteiger partial charge on any atom is 0.138 e. The summed E-state index contributed by atoms with van der Waals surface area (Å²) < 4.78 is 0. The minimum Gasteiger partial charge on any atom is -0.299 e. The Morgan fingerprint density at radius 2 is 1.94 bits per heavy atom. The van der Waals surface area contributed by atoms with Crippen LogP contribution in [0.1, 0.15) is 25.8 Å². The molecule has 0 bridgehead atoms. The van der Waals surface area contributed by atoms with Gasteiger partial charge in [-0.05, 0) is 18.9 Å². The van der Waals surface area contributed by atoms with E-state index in [1.807, 2.05) is 13.0 Å². The van der Waals surface area contributed by atoms with Crippen molar-refractivity contribution >= 4 is 5.78 Å². The summed E-state index contributed by atoms with van der Waals surface area (Å²) in [5, 5.41) is 0. The molecule has 0 aliphatic carbocycles. The van der Waals surface area contributed by atoms with Crippen LogP contribution in [0.2, 0.25) is 0 Å². The lowest BCUT2D eigenvalue weighted by Gasteiger charge is -2.35. The summed E-state index contributed by atoms with van der Waals surface area (Å²) >= 11 is 0. The van der Waals surface area contributed by atoms with Gasteiger partial charge in [0.15, 0.2) is 0 Å². The first kappa shape index (κ1) is 12.3. The zero-order valence-electron chi connectivity index (χ0n) is 10.7. The number of hydrogen-bond acceptors (Lipinski definition) is 2. The summed E-state index contributed by atoms with van der Waals surface area (Å²) in [5.41, 5.74) is 1.38. The Hall–Kier alpha value is -1.15. The highest BCUT2D eigenvalue weighted by atomic mass is 16.1. The van der Waals surface area contributed by atoms with Crippen molar-refractivity contribution in [2.45, 2.75) is 32.7 Å². The van der Waals surface area contributed by atoms with Crippen LogP contribution in [0.15, 0.2) is 30.3 Å². The monoisotopic (exact) mass is 231 g/mol. The normalized spacial score (nSPS) is 26.1. The van der Waals surface area contributed by atoms with Crippen molar-refractivity contribution in [3.8, 4) is 0 Å². The molecule has 0 N–H and O–H groups in total. The molecule has 1 aliphatic rings. The fourth-order valence-electron chi connectivity index (χ4n) is 2.48. The molecule has 1 aromatic rings. The topological polar surface area (TPSA) is 20.3 Å². The molecule has 2 atom stereocenters. The Labute approximate surface area is 104 Å². The number of Topliss-reactive ketones (excluding diaryl/α,β-unsaturated/α-hetero) is 1. The van der Waals surface area contributed by atoms with Gasteiger partial charge >= 0.3 is 0 Å². The number of hydrogen-bond donors (Lipinski definition) is 0. The van der Waals surface area contributed by atoms with Crippen LogP contribution in [0.5, 0.6) is 0 Å². The third-order valence-corrected chi connectivity index (χ3v) is 3.71. The Morgan fingerprint density at radius 3 is 2.65 bits per heavy atom. The summed E-state index contributed by atoms with van der Waals surface area (Å²) in [5.74, 6) is 0.635. The van der Waals surface area contributed by atoms with Gasteiger partial charge in [0.05, 0.1) is 0 Å². The average molecular weight is 231 g/mol. The molecule has 0 aromatic heterocycles. The number of likely N-dealkylation sites (tertiary alicyclic amines) is 1. The van der Waals surface area contributed by atoms with Gasteiger partial charge in [-0.2, -0.15) is 0 Å². The highest BCUT2D eigenvalue weighted by molar-refractivity contribution is 5.82. The fourth-order valence-corrected chi connectivity index (χ4v) is 2.48. The third kappa shape index (κ3) is 3.16. The molecular weight excluding hydrogens is 210 g/mol. The van der Waals surface area contributed by atoms with Crippen LogP contribution in [0.25, 0.3) is 0 Å². The van der Waals surface area contributed by atoms with Crippen LogP contribution in [0.3, 0.4) is 0 Å². The first-order valence-corrected chi connectivity index (χ1v) is 6.47. The molecule has 1 fully saturated rings. The predicted molar refractivity (Wildman–Crippen MR) is 70.0 cm³/mol. The second kappa shape index (κ2) is 5.46. The van der Waals surface area contributed by atoms with Crippen molar-refractivity contribution in [2.75, 3.05) is 13.1 Å². The maximum absolute atomic E-state index is 11.6. The van der Waals surface area contributed by atoms with Gasteiger partial charge in [-0.3, -0.25) is 9.69 Å². The van der Waals surface area contributed by atoms with Gasteiger partial charge in [0.2, 0.25) is 0 Å². The van der Waals surface area contributed by atoms with Gasteiger partial charge in [-0.1, -0.05) is 37.3 Å². The van der Waals surface area contributed by atoms with Crippen molar-refractivity contribution in [2.24, 2.45) is 5.92 Å². The minimum absolute atomic E-state index is 0.210. The third-order valence-electron chi connectivity index (χ3n) is 3.71. The first-order chi connectivity index (χ1) is 8.16. The molecular formula is C15H21NO. The fraction of sp³-hybridized carbons (Fsp3) is 0.533. The molecule has 2 heteroatoms. The van der Waals surface area contributed by atoms with Crippen LogP contribution in [-0.4, -0.2) is 29.8 Å². The lowest BCUT2D eigenvalue weighted by molar-refractivity contribution is -0.127. The lowest BCUT2D eigenvalue weighted by atomic mass is 9.93. The van der Waals surface area contributed by atoms with Crippen LogP contribution in [0, 0.1) is 5.92 Å². The highest BCUT2D eigenvalue weighted by Gasteiger charge is 2.28. The highest BCUT2D eigenvalue weighted by Crippen LogP contribution is 2.18. The molecule has 1 aromatic carbocycles. The quantitative estimate of drug-likeness (QED) is 0.796. The molecule has 2 nitrogen and oxygen atoms in total. The lowest BCUT2D eigenvalue weighted by Crippen LogP contribution is -2.46. The number of piperidine rings is 1. The number of ketones is 1. The van der Waals surface area contributed by atoms with E-state index in [0.717, 1.165) is 25.9 Å². The van der Waals surface area contributed by atoms with Gasteiger partial charge < -0.3 is 0 Å². The van der Waals surface area contributed by atoms with E-state index in [1.54, 1.807) is 0 Å². The largest absolute Gasteiger partial charge is 0.299 e. The number of benzene rings is 1. The second-order valence-corrected chi connectivity index (χ2v) is 5.15. The number of rotatable bonds is 3. The molecule has 0 saturated carbocycles. The molecule has 17 heavy (non-hydrogen) atoms. The van der Waals surface area contributed by atoms with Crippen molar-refractivity contribution in [3.05, 3.63) is 35.9 Å². The Balaban J connectivity index is 1.89. The standard InChI is InChI=1S/C15H21NO/c1-12-11-16(13(2)10-15(12)17)9-8-14-6-4-3-5-7-14/h3-7,12-13H,8-11H2,1-2H3/t12-,13+/m1/s1. The van der Waals surface area contributed by atoms with E-state index >= 15 is 0 Å². The van der Waals surface area contributed by atoms with E-state index in [-0.39, 0.29) is 5.92 Å². The minimum atomic E-state index is 0.210. The van der Waals surface area contributed by atoms with E-state index in [1.165, 1.54) is 5.56 Å². The van der Waals surface area contributed by atoms with Gasteiger partial charge in [-0.15, -0.1) is 0 Å². The van der Waals surface area contributed by atoms with E-state index in [4.69, 9.17) is 0 Å². The summed E-state index contributed by atoms with van der Waals surface area (Å²) in [6.45, 7) is 6.19. The number of carbonyl (C=O) groups excluding carboxylic acids is 1. The zero-order valence-corrected chi connectivity index (χ0v) is 10.7. The summed E-state index contributed by atoms with van der Waals surface area (Å²) in [4.78, 5) is 14.0. The van der Waals surface area contributed by atoms with Crippen molar-refractivity contribution in [1.29, 1.82) is 0 Å². The Morgan fingerprint density at radius 1 is 1.24 bits per heavy atom. The van der Waals surface area contributed by atoms with E-state index < -0.39 is 0 Å².